The Balaban J connectivity index is 2.87. The molecule has 0 bridgehead atoms. The Labute approximate surface area is 73.1 Å². The van der Waals surface area contributed by atoms with Gasteiger partial charge in [-0.15, -0.1) is 0 Å². The van der Waals surface area contributed by atoms with E-state index >= 15 is 0 Å². The van der Waals surface area contributed by atoms with E-state index in [2.05, 4.69) is 31.1 Å². The fraction of sp³-hybridized carbons (Fsp3) is 0.625. The van der Waals surface area contributed by atoms with Gasteiger partial charge in [0.25, 0.3) is 0 Å². The molecule has 1 saturated heterocycles. The lowest BCUT2D eigenvalue weighted by Gasteiger charge is -2.23. The summed E-state index contributed by atoms with van der Waals surface area (Å²) in [6.45, 7) is 9.85. The largest absolute Gasteiger partial charge is 0.357 e. The summed E-state index contributed by atoms with van der Waals surface area (Å²) in [6, 6.07) is 0. The predicted octanol–water partition coefficient (Wildman–Crippen LogP) is 1.19. The van der Waals surface area contributed by atoms with Gasteiger partial charge in [-0.1, -0.05) is 24.9 Å². The first-order valence-electron chi connectivity index (χ1n) is 3.65. The van der Waals surface area contributed by atoms with Gasteiger partial charge in [-0.2, -0.15) is 0 Å². The molecule has 0 spiro atoms. The summed E-state index contributed by atoms with van der Waals surface area (Å²) in [6.07, 6.45) is 1.83. The maximum Gasteiger partial charge on any atom is 0.105 e. The molecule has 0 radical (unpaired) electrons. The van der Waals surface area contributed by atoms with Crippen molar-refractivity contribution >= 4 is 17.2 Å². The van der Waals surface area contributed by atoms with Crippen LogP contribution >= 0.6 is 12.2 Å². The first kappa shape index (κ1) is 8.68. The molecule has 1 fully saturated rings. The van der Waals surface area contributed by atoms with E-state index in [1.807, 2.05) is 13.0 Å². The average molecular weight is 170 g/mol. The topological polar surface area (TPSA) is 24.1 Å². The van der Waals surface area contributed by atoms with Crippen molar-refractivity contribution in [3.05, 3.63) is 12.7 Å². The van der Waals surface area contributed by atoms with E-state index in [-0.39, 0.29) is 11.2 Å². The molecule has 1 rings (SSSR count). The van der Waals surface area contributed by atoms with Gasteiger partial charge in [-0.3, -0.25) is 5.32 Å². The molecular formula is C8H14N2S. The van der Waals surface area contributed by atoms with Crippen LogP contribution in [0.3, 0.4) is 0 Å². The molecular weight excluding hydrogens is 156 g/mol. The molecule has 62 valence electrons. The van der Waals surface area contributed by atoms with Crippen LogP contribution in [0, 0.1) is 0 Å². The summed E-state index contributed by atoms with van der Waals surface area (Å²) >= 11 is 5.15. The highest BCUT2D eigenvalue weighted by Gasteiger charge is 2.40. The van der Waals surface area contributed by atoms with E-state index < -0.39 is 0 Å². The number of nitrogens with one attached hydrogen (secondary N) is 2. The second-order valence-electron chi connectivity index (χ2n) is 3.61. The Hall–Kier alpha value is -0.410. The van der Waals surface area contributed by atoms with Gasteiger partial charge in [-0.05, 0) is 20.8 Å². The second kappa shape index (κ2) is 2.29. The molecule has 3 heteroatoms. The van der Waals surface area contributed by atoms with Crippen molar-refractivity contribution in [2.45, 2.75) is 32.0 Å². The Bertz CT molecular complexity index is 210. The number of hydrogen-bond donors (Lipinski definition) is 2. The first-order chi connectivity index (χ1) is 4.90. The Kier molecular flexibility index (Phi) is 1.81. The molecule has 0 aromatic heterocycles. The molecule has 0 aromatic carbocycles. The smallest absolute Gasteiger partial charge is 0.105 e. The molecule has 2 nitrogen and oxygen atoms in total. The minimum Gasteiger partial charge on any atom is -0.357 e. The minimum absolute atomic E-state index is 0.113. The maximum absolute atomic E-state index is 5.15. The number of hydrogen-bond acceptors (Lipinski definition) is 2. The van der Waals surface area contributed by atoms with Gasteiger partial charge in [0, 0.05) is 0 Å². The van der Waals surface area contributed by atoms with Crippen molar-refractivity contribution in [3.8, 4) is 0 Å². The third-order valence-corrected chi connectivity index (χ3v) is 2.53. The van der Waals surface area contributed by atoms with Gasteiger partial charge >= 0.3 is 0 Å². The van der Waals surface area contributed by atoms with Crippen LogP contribution < -0.4 is 10.6 Å². The van der Waals surface area contributed by atoms with Crippen LogP contribution in [0.25, 0.3) is 0 Å². The highest BCUT2D eigenvalue weighted by atomic mass is 32.1. The standard InChI is InChI=1S/C8H14N2S/c1-5-8(4)9-6(11)7(2,3)10-8/h5,10H,1H2,2-4H3,(H,9,11). The third kappa shape index (κ3) is 1.44. The van der Waals surface area contributed by atoms with Gasteiger partial charge < -0.3 is 5.32 Å². The van der Waals surface area contributed by atoms with Crippen molar-refractivity contribution in [3.63, 3.8) is 0 Å². The Morgan fingerprint density at radius 3 is 2.18 bits per heavy atom. The normalized spacial score (nSPS) is 35.0. The van der Waals surface area contributed by atoms with Crippen molar-refractivity contribution in [1.29, 1.82) is 0 Å². The van der Waals surface area contributed by atoms with Gasteiger partial charge in [0.05, 0.1) is 10.5 Å². The van der Waals surface area contributed by atoms with Crippen molar-refractivity contribution < 1.29 is 0 Å². The quantitative estimate of drug-likeness (QED) is 0.456. The highest BCUT2D eigenvalue weighted by molar-refractivity contribution is 7.80. The minimum atomic E-state index is -0.236. The lowest BCUT2D eigenvalue weighted by molar-refractivity contribution is 0.400. The van der Waals surface area contributed by atoms with Crippen LogP contribution in [-0.4, -0.2) is 16.2 Å². The number of rotatable bonds is 1. The van der Waals surface area contributed by atoms with Gasteiger partial charge in [-0.25, -0.2) is 0 Å². The maximum atomic E-state index is 5.15. The summed E-state index contributed by atoms with van der Waals surface area (Å²) in [5, 5.41) is 6.51. The molecule has 0 aromatic rings. The summed E-state index contributed by atoms with van der Waals surface area (Å²) in [7, 11) is 0. The Morgan fingerprint density at radius 2 is 2.00 bits per heavy atom. The zero-order valence-electron chi connectivity index (χ0n) is 7.19. The molecule has 1 heterocycles. The summed E-state index contributed by atoms with van der Waals surface area (Å²) in [5.41, 5.74) is -0.348. The highest BCUT2D eigenvalue weighted by Crippen LogP contribution is 2.19. The van der Waals surface area contributed by atoms with Gasteiger partial charge in [0.2, 0.25) is 0 Å². The summed E-state index contributed by atoms with van der Waals surface area (Å²) in [4.78, 5) is 0.847. The van der Waals surface area contributed by atoms with Crippen molar-refractivity contribution in [2.75, 3.05) is 0 Å². The molecule has 0 amide bonds. The fourth-order valence-corrected chi connectivity index (χ4v) is 1.49. The van der Waals surface area contributed by atoms with Gasteiger partial charge in [0.15, 0.2) is 0 Å². The molecule has 0 saturated carbocycles. The molecule has 1 aliphatic rings. The molecule has 1 aliphatic heterocycles. The lowest BCUT2D eigenvalue weighted by atomic mass is 10.1. The van der Waals surface area contributed by atoms with Gasteiger partial charge in [0.1, 0.15) is 5.66 Å². The molecule has 1 atom stereocenters. The lowest BCUT2D eigenvalue weighted by Crippen LogP contribution is -2.47. The fourth-order valence-electron chi connectivity index (χ4n) is 1.23. The van der Waals surface area contributed by atoms with Crippen LogP contribution in [-0.2, 0) is 0 Å². The summed E-state index contributed by atoms with van der Waals surface area (Å²) < 4.78 is 0. The third-order valence-electron chi connectivity index (χ3n) is 1.92. The van der Waals surface area contributed by atoms with Crippen molar-refractivity contribution in [1.82, 2.24) is 10.6 Å². The summed E-state index contributed by atoms with van der Waals surface area (Å²) in [5.74, 6) is 0. The van der Waals surface area contributed by atoms with E-state index in [9.17, 15) is 0 Å². The van der Waals surface area contributed by atoms with Crippen LogP contribution in [0.4, 0.5) is 0 Å². The van der Waals surface area contributed by atoms with Crippen LogP contribution in [0.1, 0.15) is 20.8 Å². The predicted molar refractivity (Wildman–Crippen MR) is 51.6 cm³/mol. The SMILES string of the molecule is C=CC1(C)NC(=S)C(C)(C)N1. The number of thiocarbonyl (C=S) groups is 1. The molecule has 1 unspecified atom stereocenters. The molecule has 2 N–H and O–H groups in total. The van der Waals surface area contributed by atoms with Crippen LogP contribution in [0.5, 0.6) is 0 Å². The van der Waals surface area contributed by atoms with E-state index in [1.165, 1.54) is 0 Å². The zero-order chi connectivity index (χ0) is 8.70. The average Bonchev–Trinajstić information content (AvgIpc) is 2.04. The Morgan fingerprint density at radius 1 is 1.45 bits per heavy atom. The first-order valence-corrected chi connectivity index (χ1v) is 4.06. The van der Waals surface area contributed by atoms with Crippen molar-refractivity contribution in [2.24, 2.45) is 0 Å². The molecule has 11 heavy (non-hydrogen) atoms. The second-order valence-corrected chi connectivity index (χ2v) is 4.02. The van der Waals surface area contributed by atoms with Crippen LogP contribution in [0.2, 0.25) is 0 Å². The van der Waals surface area contributed by atoms with E-state index in [0.717, 1.165) is 4.99 Å². The zero-order valence-corrected chi connectivity index (χ0v) is 8.01. The van der Waals surface area contributed by atoms with Crippen LogP contribution in [0.15, 0.2) is 12.7 Å². The van der Waals surface area contributed by atoms with E-state index in [0.29, 0.717) is 0 Å². The molecule has 0 aliphatic carbocycles. The van der Waals surface area contributed by atoms with E-state index in [4.69, 9.17) is 12.2 Å². The monoisotopic (exact) mass is 170 g/mol. The van der Waals surface area contributed by atoms with E-state index in [1.54, 1.807) is 0 Å².